The Balaban J connectivity index is 1.20. The molecule has 8 nitrogen and oxygen atoms in total. The number of hydrogen-bond acceptors (Lipinski definition) is 5. The third-order valence-corrected chi connectivity index (χ3v) is 6.66. The van der Waals surface area contributed by atoms with Crippen molar-refractivity contribution < 1.29 is 23.5 Å². The summed E-state index contributed by atoms with van der Waals surface area (Å²) in [4.78, 5) is 24.8. The van der Waals surface area contributed by atoms with Crippen LogP contribution in [-0.2, 0) is 9.59 Å². The number of ether oxygens (including phenoxy) is 2. The van der Waals surface area contributed by atoms with E-state index in [4.69, 9.17) is 21.1 Å². The Bertz CT molecular complexity index is 1180. The molecule has 0 aliphatic heterocycles. The number of nitrogens with zero attached hydrogens (tertiary/aromatic N) is 1. The largest absolute Gasteiger partial charge is 0.484 e. The van der Waals surface area contributed by atoms with Crippen LogP contribution >= 0.6 is 11.6 Å². The zero-order chi connectivity index (χ0) is 25.4. The molecule has 4 rings (SSSR count). The summed E-state index contributed by atoms with van der Waals surface area (Å²) in [5, 5.41) is 13.5. The predicted molar refractivity (Wildman–Crippen MR) is 135 cm³/mol. The maximum atomic E-state index is 14.0. The minimum atomic E-state index is -0.463. The molecule has 3 aromatic rings. The molecule has 0 bridgehead atoms. The van der Waals surface area contributed by atoms with Gasteiger partial charge in [-0.25, -0.2) is 4.39 Å². The summed E-state index contributed by atoms with van der Waals surface area (Å²) in [6.45, 7) is 0.167. The van der Waals surface area contributed by atoms with Gasteiger partial charge in [-0.3, -0.25) is 14.7 Å². The van der Waals surface area contributed by atoms with Gasteiger partial charge in [-0.2, -0.15) is 5.10 Å². The standard InChI is InChI=1S/C26H30ClFN4O4/c27-18-5-7-19(8-6-18)35-17-25(34)31-26(9-2-1-3-10-26)11-4-12-29-24(33)16-36-20-13-22(28)21-15-30-32-23(21)14-20/h5-8,13-15H,1-4,9-12,16-17H2,(H,29,33)(H,30,32)(H,31,34). The van der Waals surface area contributed by atoms with Gasteiger partial charge in [0.25, 0.3) is 11.8 Å². The highest BCUT2D eigenvalue weighted by Crippen LogP contribution is 2.32. The fraction of sp³-hybridized carbons (Fsp3) is 0.423. The van der Waals surface area contributed by atoms with Crippen molar-refractivity contribution in [1.82, 2.24) is 20.8 Å². The SMILES string of the molecule is O=C(COc1cc(F)c2cn[nH]c2c1)NCCCC1(NC(=O)COc2ccc(Cl)cc2)CCCCC1. The highest BCUT2D eigenvalue weighted by atomic mass is 35.5. The molecule has 1 aliphatic rings. The number of halogens is 2. The number of fused-ring (bicyclic) bond motifs is 1. The minimum absolute atomic E-state index is 0.0671. The van der Waals surface area contributed by atoms with Gasteiger partial charge in [0.1, 0.15) is 17.3 Å². The molecule has 1 saturated carbocycles. The van der Waals surface area contributed by atoms with Crippen molar-refractivity contribution in [3.05, 3.63) is 53.4 Å². The lowest BCUT2D eigenvalue weighted by molar-refractivity contribution is -0.126. The molecule has 1 fully saturated rings. The second-order valence-corrected chi connectivity index (χ2v) is 9.55. The number of carbonyl (C=O) groups excluding carboxylic acids is 2. The Morgan fingerprint density at radius 3 is 2.53 bits per heavy atom. The zero-order valence-electron chi connectivity index (χ0n) is 19.9. The normalized spacial score (nSPS) is 14.8. The summed E-state index contributed by atoms with van der Waals surface area (Å²) in [7, 11) is 0. The van der Waals surface area contributed by atoms with Crippen molar-refractivity contribution in [2.24, 2.45) is 0 Å². The number of benzene rings is 2. The van der Waals surface area contributed by atoms with Gasteiger partial charge in [-0.15, -0.1) is 0 Å². The van der Waals surface area contributed by atoms with Gasteiger partial charge in [0.05, 0.1) is 17.1 Å². The van der Waals surface area contributed by atoms with Crippen molar-refractivity contribution in [2.75, 3.05) is 19.8 Å². The van der Waals surface area contributed by atoms with E-state index in [-0.39, 0.29) is 36.3 Å². The van der Waals surface area contributed by atoms with E-state index in [9.17, 15) is 14.0 Å². The van der Waals surface area contributed by atoms with Crippen LogP contribution in [0.5, 0.6) is 11.5 Å². The lowest BCUT2D eigenvalue weighted by Gasteiger charge is -2.38. The molecule has 1 aromatic heterocycles. The van der Waals surface area contributed by atoms with Crippen molar-refractivity contribution in [1.29, 1.82) is 0 Å². The molecule has 2 aromatic carbocycles. The van der Waals surface area contributed by atoms with Crippen LogP contribution in [0.2, 0.25) is 5.02 Å². The molecule has 1 heterocycles. The first-order valence-electron chi connectivity index (χ1n) is 12.1. The molecule has 0 spiro atoms. The highest BCUT2D eigenvalue weighted by molar-refractivity contribution is 6.30. The molecule has 0 radical (unpaired) electrons. The van der Waals surface area contributed by atoms with E-state index in [0.29, 0.717) is 34.6 Å². The fourth-order valence-electron chi connectivity index (χ4n) is 4.60. The quantitative estimate of drug-likeness (QED) is 0.325. The highest BCUT2D eigenvalue weighted by Gasteiger charge is 2.33. The van der Waals surface area contributed by atoms with E-state index in [2.05, 4.69) is 20.8 Å². The fourth-order valence-corrected chi connectivity index (χ4v) is 4.72. The molecule has 192 valence electrons. The van der Waals surface area contributed by atoms with Crippen molar-refractivity contribution in [3.63, 3.8) is 0 Å². The van der Waals surface area contributed by atoms with E-state index < -0.39 is 5.82 Å². The van der Waals surface area contributed by atoms with Gasteiger partial charge in [0.15, 0.2) is 13.2 Å². The van der Waals surface area contributed by atoms with Crippen molar-refractivity contribution >= 4 is 34.3 Å². The van der Waals surface area contributed by atoms with Crippen molar-refractivity contribution in [3.8, 4) is 11.5 Å². The minimum Gasteiger partial charge on any atom is -0.484 e. The summed E-state index contributed by atoms with van der Waals surface area (Å²) in [5.41, 5.74) is 0.209. The Kier molecular flexibility index (Phi) is 8.64. The maximum Gasteiger partial charge on any atom is 0.258 e. The van der Waals surface area contributed by atoms with E-state index in [1.54, 1.807) is 30.3 Å². The number of nitrogens with one attached hydrogen (secondary N) is 3. The van der Waals surface area contributed by atoms with E-state index in [0.717, 1.165) is 38.5 Å². The lowest BCUT2D eigenvalue weighted by Crippen LogP contribution is -2.51. The lowest BCUT2D eigenvalue weighted by atomic mass is 9.78. The summed E-state index contributed by atoms with van der Waals surface area (Å²) in [5.74, 6) is -0.0764. The number of H-pyrrole nitrogens is 1. The summed E-state index contributed by atoms with van der Waals surface area (Å²) in [6.07, 6.45) is 7.91. The van der Waals surface area contributed by atoms with Crippen LogP contribution in [0.4, 0.5) is 4.39 Å². The van der Waals surface area contributed by atoms with Crippen LogP contribution in [0.3, 0.4) is 0 Å². The number of aromatic amines is 1. The Morgan fingerprint density at radius 2 is 1.75 bits per heavy atom. The first kappa shape index (κ1) is 25.8. The van der Waals surface area contributed by atoms with Crippen LogP contribution in [0.1, 0.15) is 44.9 Å². The predicted octanol–water partition coefficient (Wildman–Crippen LogP) is 4.53. The van der Waals surface area contributed by atoms with Crippen LogP contribution in [-0.4, -0.2) is 47.3 Å². The molecular weight excluding hydrogens is 487 g/mol. The van der Waals surface area contributed by atoms with E-state index >= 15 is 0 Å². The van der Waals surface area contributed by atoms with Crippen LogP contribution in [0, 0.1) is 5.82 Å². The van der Waals surface area contributed by atoms with Crippen LogP contribution in [0.25, 0.3) is 10.9 Å². The zero-order valence-corrected chi connectivity index (χ0v) is 20.7. The van der Waals surface area contributed by atoms with Crippen LogP contribution in [0.15, 0.2) is 42.6 Å². The van der Waals surface area contributed by atoms with E-state index in [1.807, 2.05) is 0 Å². The third-order valence-electron chi connectivity index (χ3n) is 6.40. The number of hydrogen-bond donors (Lipinski definition) is 3. The van der Waals surface area contributed by atoms with Gasteiger partial charge in [0.2, 0.25) is 0 Å². The van der Waals surface area contributed by atoms with Gasteiger partial charge >= 0.3 is 0 Å². The molecule has 3 N–H and O–H groups in total. The van der Waals surface area contributed by atoms with Crippen molar-refractivity contribution in [2.45, 2.75) is 50.5 Å². The number of amides is 2. The number of rotatable bonds is 11. The molecule has 10 heteroatoms. The molecule has 0 saturated heterocycles. The average molecular weight is 517 g/mol. The van der Waals surface area contributed by atoms with Crippen LogP contribution < -0.4 is 20.1 Å². The topological polar surface area (TPSA) is 105 Å². The maximum absolute atomic E-state index is 14.0. The molecular formula is C26H30ClFN4O4. The third kappa shape index (κ3) is 7.10. The van der Waals surface area contributed by atoms with Gasteiger partial charge < -0.3 is 20.1 Å². The molecule has 0 atom stereocenters. The summed E-state index contributed by atoms with van der Waals surface area (Å²) in [6, 6.07) is 9.72. The number of aromatic nitrogens is 2. The molecule has 0 unspecified atom stereocenters. The van der Waals surface area contributed by atoms with Gasteiger partial charge in [-0.1, -0.05) is 30.9 Å². The number of carbonyl (C=O) groups is 2. The van der Waals surface area contributed by atoms with E-state index in [1.165, 1.54) is 12.3 Å². The molecule has 1 aliphatic carbocycles. The monoisotopic (exact) mass is 516 g/mol. The Morgan fingerprint density at radius 1 is 1.03 bits per heavy atom. The first-order chi connectivity index (χ1) is 17.4. The Labute approximate surface area is 213 Å². The second-order valence-electron chi connectivity index (χ2n) is 9.11. The average Bonchev–Trinajstić information content (AvgIpc) is 3.35. The van der Waals surface area contributed by atoms with Gasteiger partial charge in [-0.05, 0) is 49.9 Å². The first-order valence-corrected chi connectivity index (χ1v) is 12.5. The Hall–Kier alpha value is -3.33. The summed E-state index contributed by atoms with van der Waals surface area (Å²) >= 11 is 5.88. The molecule has 36 heavy (non-hydrogen) atoms. The molecule has 2 amide bonds. The smallest absolute Gasteiger partial charge is 0.258 e. The summed E-state index contributed by atoms with van der Waals surface area (Å²) < 4.78 is 25.0. The van der Waals surface area contributed by atoms with Gasteiger partial charge in [0, 0.05) is 29.2 Å². The second kappa shape index (κ2) is 12.1.